The molecule has 2 heteroatoms. The van der Waals surface area contributed by atoms with Crippen molar-refractivity contribution in [3.8, 4) is 16.9 Å². The number of halogens is 1. The summed E-state index contributed by atoms with van der Waals surface area (Å²) >= 11 is 3.87. The van der Waals surface area contributed by atoms with Crippen LogP contribution in [0.2, 0.25) is 0 Å². The molecule has 2 aliphatic rings. The summed E-state index contributed by atoms with van der Waals surface area (Å²) in [5.74, 6) is 3.68. The van der Waals surface area contributed by atoms with Crippen molar-refractivity contribution in [2.45, 2.75) is 105 Å². The van der Waals surface area contributed by atoms with E-state index in [0.717, 1.165) is 34.4 Å². The molecule has 0 N–H and O–H groups in total. The van der Waals surface area contributed by atoms with Crippen LogP contribution in [-0.4, -0.2) is 6.61 Å². The second kappa shape index (κ2) is 9.88. The molecule has 0 aliphatic heterocycles. The average Bonchev–Trinajstić information content (AvgIpc) is 2.71. The van der Waals surface area contributed by atoms with Crippen LogP contribution in [0, 0.1) is 23.2 Å². The summed E-state index contributed by atoms with van der Waals surface area (Å²) in [5, 5.41) is 0. The van der Waals surface area contributed by atoms with E-state index in [9.17, 15) is 0 Å². The summed E-state index contributed by atoms with van der Waals surface area (Å²) in [4.78, 5) is 0. The number of ether oxygens (including phenoxy) is 1. The van der Waals surface area contributed by atoms with Gasteiger partial charge in [-0.2, -0.15) is 0 Å². The topological polar surface area (TPSA) is 9.23 Å². The first kappa shape index (κ1) is 26.8. The smallest absolute Gasteiger partial charge is 0.130 e. The Morgan fingerprint density at radius 3 is 2.14 bits per heavy atom. The minimum atomic E-state index is 0.0726. The predicted molar refractivity (Wildman–Crippen MR) is 154 cm³/mol. The number of rotatable bonds is 6. The average molecular weight is 540 g/mol. The summed E-state index contributed by atoms with van der Waals surface area (Å²) in [6.45, 7) is 19.8. The zero-order valence-corrected chi connectivity index (χ0v) is 25.0. The summed E-state index contributed by atoms with van der Waals surface area (Å²) in [5.41, 5.74) is 5.87. The van der Waals surface area contributed by atoms with E-state index < -0.39 is 0 Å². The predicted octanol–water partition coefficient (Wildman–Crippen LogP) is 10.3. The highest BCUT2D eigenvalue weighted by atomic mass is 79.9. The SMILES string of the molecule is CCOc1c(-c2ccccc2Br)cc(C(C)(C)CC(C)(C)C)cc1C1(C)CC2CC(C)CC(C2)C1. The van der Waals surface area contributed by atoms with E-state index in [-0.39, 0.29) is 16.2 Å². The van der Waals surface area contributed by atoms with Gasteiger partial charge in [-0.25, -0.2) is 0 Å². The van der Waals surface area contributed by atoms with Crippen molar-refractivity contribution < 1.29 is 4.74 Å². The van der Waals surface area contributed by atoms with E-state index in [1.807, 2.05) is 0 Å². The molecule has 0 saturated heterocycles. The third-order valence-electron chi connectivity index (χ3n) is 8.56. The van der Waals surface area contributed by atoms with Crippen molar-refractivity contribution in [3.05, 3.63) is 52.0 Å². The molecule has 2 unspecified atom stereocenters. The molecule has 0 aromatic heterocycles. The summed E-state index contributed by atoms with van der Waals surface area (Å²) < 4.78 is 7.72. The Kier molecular flexibility index (Phi) is 7.56. The van der Waals surface area contributed by atoms with Crippen LogP contribution in [0.3, 0.4) is 0 Å². The number of benzene rings is 2. The third kappa shape index (κ3) is 5.84. The second-order valence-electron chi connectivity index (χ2n) is 13.9. The molecule has 35 heavy (non-hydrogen) atoms. The first-order valence-electron chi connectivity index (χ1n) is 13.9. The van der Waals surface area contributed by atoms with Gasteiger partial charge in [0, 0.05) is 15.6 Å². The van der Waals surface area contributed by atoms with Crippen molar-refractivity contribution in [2.24, 2.45) is 23.2 Å². The van der Waals surface area contributed by atoms with Crippen LogP contribution in [0.15, 0.2) is 40.9 Å². The van der Waals surface area contributed by atoms with Crippen LogP contribution in [-0.2, 0) is 10.8 Å². The first-order chi connectivity index (χ1) is 16.3. The number of fused-ring (bicyclic) bond motifs is 2. The standard InChI is InChI=1S/C33H47BrO/c1-9-35-30-27(26-12-10-11-13-29(26)34)17-25(32(6,7)21-31(3,4)5)18-28(30)33(8)19-23-14-22(2)15-24(16-23)20-33/h10-13,17-18,22-24H,9,14-16,19-21H2,1-8H3. The molecule has 2 aliphatic carbocycles. The molecule has 4 rings (SSSR count). The highest BCUT2D eigenvalue weighted by Gasteiger charge is 2.44. The van der Waals surface area contributed by atoms with E-state index in [0.29, 0.717) is 6.61 Å². The van der Waals surface area contributed by atoms with Crippen LogP contribution in [0.5, 0.6) is 5.75 Å². The molecule has 2 fully saturated rings. The molecule has 2 atom stereocenters. The van der Waals surface area contributed by atoms with Gasteiger partial charge < -0.3 is 4.74 Å². The zero-order chi connectivity index (χ0) is 25.6. The van der Waals surface area contributed by atoms with E-state index in [1.54, 1.807) is 0 Å². The fraction of sp³-hybridized carbons (Fsp3) is 0.636. The Labute approximate surface area is 223 Å². The van der Waals surface area contributed by atoms with E-state index >= 15 is 0 Å². The Bertz CT molecular complexity index is 1030. The van der Waals surface area contributed by atoms with Crippen molar-refractivity contribution in [2.75, 3.05) is 6.61 Å². The van der Waals surface area contributed by atoms with Gasteiger partial charge >= 0.3 is 0 Å². The van der Waals surface area contributed by atoms with Crippen molar-refractivity contribution >= 4 is 15.9 Å². The summed E-state index contributed by atoms with van der Waals surface area (Å²) in [6.07, 6.45) is 7.92. The maximum Gasteiger partial charge on any atom is 0.130 e. The lowest BCUT2D eigenvalue weighted by Gasteiger charge is -2.48. The Balaban J connectivity index is 1.94. The lowest BCUT2D eigenvalue weighted by molar-refractivity contribution is 0.0882. The molecule has 2 aromatic rings. The molecular formula is C33H47BrO. The van der Waals surface area contributed by atoms with Crippen molar-refractivity contribution in [3.63, 3.8) is 0 Å². The van der Waals surface area contributed by atoms with Crippen LogP contribution < -0.4 is 4.74 Å². The molecule has 0 radical (unpaired) electrons. The molecule has 1 nitrogen and oxygen atoms in total. The first-order valence-corrected chi connectivity index (χ1v) is 14.7. The van der Waals surface area contributed by atoms with Gasteiger partial charge in [-0.15, -0.1) is 0 Å². The lowest BCUT2D eigenvalue weighted by atomic mass is 9.57. The van der Waals surface area contributed by atoms with Gasteiger partial charge in [0.15, 0.2) is 0 Å². The van der Waals surface area contributed by atoms with Crippen LogP contribution in [0.4, 0.5) is 0 Å². The summed E-state index contributed by atoms with van der Waals surface area (Å²) in [7, 11) is 0. The van der Waals surface area contributed by atoms with E-state index in [4.69, 9.17) is 4.74 Å². The molecule has 0 heterocycles. The Morgan fingerprint density at radius 2 is 1.57 bits per heavy atom. The van der Waals surface area contributed by atoms with E-state index in [2.05, 4.69) is 108 Å². The monoisotopic (exact) mass is 538 g/mol. The van der Waals surface area contributed by atoms with Gasteiger partial charge in [-0.05, 0) is 103 Å². The van der Waals surface area contributed by atoms with Gasteiger partial charge in [0.05, 0.1) is 6.61 Å². The Morgan fingerprint density at radius 1 is 0.943 bits per heavy atom. The fourth-order valence-electron chi connectivity index (χ4n) is 7.88. The van der Waals surface area contributed by atoms with Crippen molar-refractivity contribution in [1.82, 2.24) is 0 Å². The number of hydrogen-bond donors (Lipinski definition) is 0. The maximum absolute atomic E-state index is 6.59. The van der Waals surface area contributed by atoms with Crippen molar-refractivity contribution in [1.29, 1.82) is 0 Å². The highest BCUT2D eigenvalue weighted by molar-refractivity contribution is 9.10. The minimum absolute atomic E-state index is 0.0726. The molecular weight excluding hydrogens is 492 g/mol. The van der Waals surface area contributed by atoms with Crippen LogP contribution in [0.25, 0.3) is 11.1 Å². The minimum Gasteiger partial charge on any atom is -0.493 e. The molecule has 0 amide bonds. The lowest BCUT2D eigenvalue weighted by Crippen LogP contribution is -2.39. The van der Waals surface area contributed by atoms with Crippen LogP contribution in [0.1, 0.15) is 105 Å². The molecule has 2 saturated carbocycles. The van der Waals surface area contributed by atoms with E-state index in [1.165, 1.54) is 54.4 Å². The quantitative estimate of drug-likeness (QED) is 0.355. The van der Waals surface area contributed by atoms with Gasteiger partial charge in [-0.1, -0.05) is 88.7 Å². The molecule has 0 spiro atoms. The van der Waals surface area contributed by atoms with Gasteiger partial charge in [-0.3, -0.25) is 0 Å². The Hall–Kier alpha value is -1.28. The number of hydrogen-bond acceptors (Lipinski definition) is 1. The largest absolute Gasteiger partial charge is 0.493 e. The normalized spacial score (nSPS) is 27.1. The highest BCUT2D eigenvalue weighted by Crippen LogP contribution is 2.55. The van der Waals surface area contributed by atoms with Crippen LogP contribution >= 0.6 is 15.9 Å². The van der Waals surface area contributed by atoms with Gasteiger partial charge in [0.25, 0.3) is 0 Å². The zero-order valence-electron chi connectivity index (χ0n) is 23.4. The fourth-order valence-corrected chi connectivity index (χ4v) is 8.38. The van der Waals surface area contributed by atoms with Gasteiger partial charge in [0.2, 0.25) is 0 Å². The second-order valence-corrected chi connectivity index (χ2v) is 14.8. The molecule has 2 bridgehead atoms. The molecule has 2 aromatic carbocycles. The van der Waals surface area contributed by atoms with Gasteiger partial charge in [0.1, 0.15) is 5.75 Å². The maximum atomic E-state index is 6.59. The summed E-state index contributed by atoms with van der Waals surface area (Å²) in [6, 6.07) is 13.7. The molecule has 192 valence electrons. The third-order valence-corrected chi connectivity index (χ3v) is 9.25.